The Hall–Kier alpha value is -3.13. The summed E-state index contributed by atoms with van der Waals surface area (Å²) in [6.45, 7) is -0.117. The molecule has 1 aromatic heterocycles. The number of nitrogens with zero attached hydrogens (tertiary/aromatic N) is 1. The van der Waals surface area contributed by atoms with Gasteiger partial charge in [0.05, 0.1) is 5.25 Å². The number of aromatic nitrogens is 2. The number of hydrogen-bond donors (Lipinski definition) is 1. The Balaban J connectivity index is 1.63. The normalized spacial score (nSPS) is 18.8. The van der Waals surface area contributed by atoms with E-state index in [4.69, 9.17) is 4.74 Å². The fourth-order valence-electron chi connectivity index (χ4n) is 3.78. The van der Waals surface area contributed by atoms with Crippen molar-refractivity contribution in [3.8, 4) is 0 Å². The predicted molar refractivity (Wildman–Crippen MR) is 107 cm³/mol. The molecule has 0 spiro atoms. The van der Waals surface area contributed by atoms with Crippen LogP contribution < -0.4 is 5.69 Å². The standard InChI is InChI=1S/C21H20N2O5S/c24-20-22-10-11-23(20)17-12-16-8-4-5-9-18(16)19(13-17)29(26,27)21(25)28-14-15-6-2-1-3-7-15/h1-11,17,19H,12-14H2,(H,22,24)/t17-,19?/m1/s1. The quantitative estimate of drug-likeness (QED) is 0.664. The van der Waals surface area contributed by atoms with Gasteiger partial charge in [0.25, 0.3) is 9.84 Å². The minimum Gasteiger partial charge on any atom is -0.449 e. The van der Waals surface area contributed by atoms with Gasteiger partial charge in [-0.3, -0.25) is 4.57 Å². The Morgan fingerprint density at radius 3 is 2.55 bits per heavy atom. The van der Waals surface area contributed by atoms with E-state index in [1.54, 1.807) is 42.6 Å². The number of nitrogens with one attached hydrogen (secondary N) is 1. The molecule has 0 radical (unpaired) electrons. The molecule has 3 aromatic rings. The lowest BCUT2D eigenvalue weighted by Gasteiger charge is -2.31. The summed E-state index contributed by atoms with van der Waals surface area (Å²) >= 11 is 0. The van der Waals surface area contributed by atoms with Crippen molar-refractivity contribution in [3.63, 3.8) is 0 Å². The molecular formula is C21H20N2O5S. The van der Waals surface area contributed by atoms with E-state index in [0.29, 0.717) is 17.5 Å². The van der Waals surface area contributed by atoms with Crippen molar-refractivity contribution < 1.29 is 17.9 Å². The fraction of sp³-hybridized carbons (Fsp3) is 0.238. The smallest absolute Gasteiger partial charge is 0.425 e. The molecular weight excluding hydrogens is 392 g/mol. The lowest BCUT2D eigenvalue weighted by molar-refractivity contribution is 0.165. The average Bonchev–Trinajstić information content (AvgIpc) is 3.17. The van der Waals surface area contributed by atoms with E-state index < -0.39 is 20.4 Å². The van der Waals surface area contributed by atoms with Crippen LogP contribution >= 0.6 is 0 Å². The van der Waals surface area contributed by atoms with Gasteiger partial charge in [0.1, 0.15) is 6.61 Å². The van der Waals surface area contributed by atoms with Crippen LogP contribution in [0.4, 0.5) is 4.79 Å². The molecule has 2 atom stereocenters. The number of carbonyl (C=O) groups is 1. The van der Waals surface area contributed by atoms with Crippen molar-refractivity contribution >= 4 is 15.1 Å². The van der Waals surface area contributed by atoms with Gasteiger partial charge in [-0.05, 0) is 29.5 Å². The van der Waals surface area contributed by atoms with Crippen LogP contribution in [0.3, 0.4) is 0 Å². The second-order valence-electron chi connectivity index (χ2n) is 7.02. The summed E-state index contributed by atoms with van der Waals surface area (Å²) in [7, 11) is -4.27. The second-order valence-corrected chi connectivity index (χ2v) is 9.02. The molecule has 1 aliphatic rings. The first-order valence-electron chi connectivity index (χ1n) is 9.24. The number of hydrogen-bond acceptors (Lipinski definition) is 5. The summed E-state index contributed by atoms with van der Waals surface area (Å²) in [5.74, 6) is 0. The van der Waals surface area contributed by atoms with Gasteiger partial charge in [-0.25, -0.2) is 18.0 Å². The van der Waals surface area contributed by atoms with Gasteiger partial charge in [-0.1, -0.05) is 54.6 Å². The van der Waals surface area contributed by atoms with Gasteiger partial charge in [0.15, 0.2) is 0 Å². The van der Waals surface area contributed by atoms with Crippen molar-refractivity contribution in [2.45, 2.75) is 30.7 Å². The van der Waals surface area contributed by atoms with Crippen molar-refractivity contribution in [2.24, 2.45) is 0 Å². The summed E-state index contributed by atoms with van der Waals surface area (Å²) < 4.78 is 32.8. The van der Waals surface area contributed by atoms with E-state index in [1.807, 2.05) is 18.2 Å². The van der Waals surface area contributed by atoms with Gasteiger partial charge >= 0.3 is 11.0 Å². The Labute approximate surface area is 167 Å². The molecule has 1 unspecified atom stereocenters. The van der Waals surface area contributed by atoms with E-state index in [9.17, 15) is 18.0 Å². The number of carbonyl (C=O) groups excluding carboxylic acids is 1. The van der Waals surface area contributed by atoms with E-state index in [0.717, 1.165) is 5.56 Å². The predicted octanol–water partition coefficient (Wildman–Crippen LogP) is 3.16. The van der Waals surface area contributed by atoms with Crippen molar-refractivity contribution in [1.29, 1.82) is 0 Å². The minimum atomic E-state index is -4.27. The Morgan fingerprint density at radius 1 is 1.10 bits per heavy atom. The number of aromatic amines is 1. The highest BCUT2D eigenvalue weighted by molar-refractivity contribution is 8.05. The topological polar surface area (TPSA) is 98.2 Å². The molecule has 150 valence electrons. The molecule has 0 bridgehead atoms. The zero-order valence-electron chi connectivity index (χ0n) is 15.5. The lowest BCUT2D eigenvalue weighted by atomic mass is 9.88. The maximum atomic E-state index is 13.1. The average molecular weight is 412 g/mol. The molecule has 2 aromatic carbocycles. The Kier molecular flexibility index (Phi) is 5.10. The fourth-order valence-corrected chi connectivity index (χ4v) is 5.28. The molecule has 0 saturated heterocycles. The molecule has 29 heavy (non-hydrogen) atoms. The van der Waals surface area contributed by atoms with Crippen LogP contribution in [0, 0.1) is 0 Å². The van der Waals surface area contributed by atoms with Crippen LogP contribution in [-0.2, 0) is 27.6 Å². The maximum Gasteiger partial charge on any atom is 0.425 e. The SMILES string of the molecule is O=C(OCc1ccccc1)S(=O)(=O)C1C[C@H](n2cc[nH]c2=O)Cc2ccccc21. The molecule has 0 aliphatic heterocycles. The van der Waals surface area contributed by atoms with E-state index in [-0.39, 0.29) is 24.8 Å². The number of imidazole rings is 1. The molecule has 0 fully saturated rings. The molecule has 1 heterocycles. The van der Waals surface area contributed by atoms with E-state index >= 15 is 0 Å². The van der Waals surface area contributed by atoms with E-state index in [1.165, 1.54) is 10.8 Å². The highest BCUT2D eigenvalue weighted by Crippen LogP contribution is 2.40. The monoisotopic (exact) mass is 412 g/mol. The first-order chi connectivity index (χ1) is 14.0. The van der Waals surface area contributed by atoms with Crippen LogP contribution in [0.25, 0.3) is 0 Å². The molecule has 0 amide bonds. The van der Waals surface area contributed by atoms with Gasteiger partial charge in [-0.2, -0.15) is 0 Å². The third-order valence-corrected chi connectivity index (χ3v) is 7.00. The number of H-pyrrole nitrogens is 1. The molecule has 8 heteroatoms. The van der Waals surface area contributed by atoms with Crippen LogP contribution in [-0.4, -0.2) is 23.3 Å². The van der Waals surface area contributed by atoms with E-state index in [2.05, 4.69) is 4.98 Å². The highest BCUT2D eigenvalue weighted by Gasteiger charge is 2.41. The summed E-state index contributed by atoms with van der Waals surface area (Å²) in [6.07, 6.45) is 3.75. The number of ether oxygens (including phenoxy) is 1. The van der Waals surface area contributed by atoms with Crippen LogP contribution in [0.2, 0.25) is 0 Å². The van der Waals surface area contributed by atoms with Crippen LogP contribution in [0.5, 0.6) is 0 Å². The highest BCUT2D eigenvalue weighted by atomic mass is 32.2. The summed E-state index contributed by atoms with van der Waals surface area (Å²) in [6, 6.07) is 15.7. The first-order valence-corrected chi connectivity index (χ1v) is 10.8. The Bertz CT molecular complexity index is 1180. The van der Waals surface area contributed by atoms with Crippen molar-refractivity contribution in [2.75, 3.05) is 0 Å². The molecule has 1 aliphatic carbocycles. The van der Waals surface area contributed by atoms with Crippen molar-refractivity contribution in [1.82, 2.24) is 9.55 Å². The van der Waals surface area contributed by atoms with Gasteiger partial charge in [0.2, 0.25) is 0 Å². The number of sulfone groups is 1. The van der Waals surface area contributed by atoms with Gasteiger partial charge < -0.3 is 9.72 Å². The number of rotatable bonds is 4. The van der Waals surface area contributed by atoms with Crippen LogP contribution in [0.1, 0.15) is 34.4 Å². The van der Waals surface area contributed by atoms with Crippen LogP contribution in [0.15, 0.2) is 71.8 Å². The number of fused-ring (bicyclic) bond motifs is 1. The van der Waals surface area contributed by atoms with Crippen molar-refractivity contribution in [3.05, 3.63) is 94.2 Å². The molecule has 7 nitrogen and oxygen atoms in total. The number of benzene rings is 2. The van der Waals surface area contributed by atoms with Gasteiger partial charge in [0, 0.05) is 18.4 Å². The second kappa shape index (κ2) is 7.71. The maximum absolute atomic E-state index is 13.1. The summed E-state index contributed by atoms with van der Waals surface area (Å²) in [5.41, 5.74) is 1.79. The third kappa shape index (κ3) is 3.75. The minimum absolute atomic E-state index is 0.117. The molecule has 1 N–H and O–H groups in total. The van der Waals surface area contributed by atoms with Gasteiger partial charge in [-0.15, -0.1) is 0 Å². The Morgan fingerprint density at radius 2 is 1.83 bits per heavy atom. The largest absolute Gasteiger partial charge is 0.449 e. The summed E-state index contributed by atoms with van der Waals surface area (Å²) in [4.78, 5) is 27.1. The summed E-state index contributed by atoms with van der Waals surface area (Å²) in [5, 5.41) is -2.31. The lowest BCUT2D eigenvalue weighted by Crippen LogP contribution is -2.33. The molecule has 0 saturated carbocycles. The third-order valence-electron chi connectivity index (χ3n) is 5.22. The zero-order valence-corrected chi connectivity index (χ0v) is 16.3. The first kappa shape index (κ1) is 19.2. The molecule has 4 rings (SSSR count). The zero-order chi connectivity index (χ0) is 20.4.